The lowest BCUT2D eigenvalue weighted by molar-refractivity contribution is -0.116. The molecular formula is C28H27N3O4. The van der Waals surface area contributed by atoms with Crippen molar-refractivity contribution in [1.82, 2.24) is 10.3 Å². The number of carbonyl (C=O) groups excluding carboxylic acids is 2. The molecule has 7 heteroatoms. The molecule has 2 unspecified atom stereocenters. The number of dihydropyridines is 1. The number of pyridine rings is 1. The third kappa shape index (κ3) is 4.25. The highest BCUT2D eigenvalue weighted by Crippen LogP contribution is 2.47. The monoisotopic (exact) mass is 469 g/mol. The van der Waals surface area contributed by atoms with E-state index in [1.807, 2.05) is 56.3 Å². The van der Waals surface area contributed by atoms with Crippen molar-refractivity contribution in [3.63, 3.8) is 0 Å². The molecule has 2 aromatic heterocycles. The van der Waals surface area contributed by atoms with E-state index in [9.17, 15) is 9.59 Å². The number of furan rings is 1. The zero-order chi connectivity index (χ0) is 24.5. The quantitative estimate of drug-likeness (QED) is 0.547. The molecule has 0 radical (unpaired) electrons. The van der Waals surface area contributed by atoms with Gasteiger partial charge in [-0.1, -0.05) is 24.3 Å². The predicted octanol–water partition coefficient (Wildman–Crippen LogP) is 4.99. The van der Waals surface area contributed by atoms with Crippen LogP contribution in [0.15, 0.2) is 87.9 Å². The highest BCUT2D eigenvalue weighted by Gasteiger charge is 2.42. The lowest BCUT2D eigenvalue weighted by Crippen LogP contribution is -2.37. The van der Waals surface area contributed by atoms with Crippen molar-refractivity contribution in [1.29, 1.82) is 0 Å². The van der Waals surface area contributed by atoms with Gasteiger partial charge in [-0.25, -0.2) is 4.98 Å². The molecule has 0 saturated heterocycles. The minimum Gasteiger partial charge on any atom is -0.496 e. The number of carbonyl (C=O) groups is 2. The van der Waals surface area contributed by atoms with Crippen molar-refractivity contribution < 1.29 is 18.7 Å². The Labute approximate surface area is 203 Å². The van der Waals surface area contributed by atoms with E-state index in [2.05, 4.69) is 15.6 Å². The highest BCUT2D eigenvalue weighted by molar-refractivity contribution is 6.09. The molecular weight excluding hydrogens is 442 g/mol. The summed E-state index contributed by atoms with van der Waals surface area (Å²) >= 11 is 0. The molecule has 178 valence electrons. The minimum atomic E-state index is -0.571. The summed E-state index contributed by atoms with van der Waals surface area (Å²) < 4.78 is 11.3. The number of benzene rings is 1. The smallest absolute Gasteiger partial charge is 0.255 e. The molecule has 0 bridgehead atoms. The van der Waals surface area contributed by atoms with Crippen molar-refractivity contribution in [2.24, 2.45) is 0 Å². The number of nitrogens with one attached hydrogen (secondary N) is 2. The Morgan fingerprint density at radius 2 is 1.94 bits per heavy atom. The molecule has 0 saturated carbocycles. The van der Waals surface area contributed by atoms with Crippen LogP contribution in [-0.2, 0) is 9.59 Å². The summed E-state index contributed by atoms with van der Waals surface area (Å²) in [5.74, 6) is 0.916. The molecule has 1 amide bonds. The second-order valence-corrected chi connectivity index (χ2v) is 8.95. The number of aryl methyl sites for hydroxylation is 1. The number of allylic oxidation sites excluding steroid dienone is 3. The van der Waals surface area contributed by atoms with Gasteiger partial charge in [0.15, 0.2) is 5.78 Å². The van der Waals surface area contributed by atoms with Gasteiger partial charge in [0, 0.05) is 46.6 Å². The van der Waals surface area contributed by atoms with Crippen LogP contribution >= 0.6 is 0 Å². The summed E-state index contributed by atoms with van der Waals surface area (Å²) in [7, 11) is 1.59. The number of hydrogen-bond donors (Lipinski definition) is 2. The van der Waals surface area contributed by atoms with E-state index in [0.29, 0.717) is 41.3 Å². The molecule has 1 aromatic carbocycles. The molecule has 2 atom stereocenters. The second-order valence-electron chi connectivity index (χ2n) is 8.95. The van der Waals surface area contributed by atoms with E-state index in [1.54, 1.807) is 25.6 Å². The van der Waals surface area contributed by atoms with Gasteiger partial charge in [-0.2, -0.15) is 0 Å². The fourth-order valence-corrected chi connectivity index (χ4v) is 5.01. The summed E-state index contributed by atoms with van der Waals surface area (Å²) in [6.07, 6.45) is 4.26. The fourth-order valence-electron chi connectivity index (χ4n) is 5.01. The summed E-state index contributed by atoms with van der Waals surface area (Å²) in [5, 5.41) is 6.29. The molecule has 2 aliphatic rings. The Kier molecular flexibility index (Phi) is 5.99. The van der Waals surface area contributed by atoms with Gasteiger partial charge in [-0.3, -0.25) is 9.59 Å². The summed E-state index contributed by atoms with van der Waals surface area (Å²) in [6.45, 7) is 3.80. The molecule has 1 aliphatic heterocycles. The van der Waals surface area contributed by atoms with E-state index in [1.165, 1.54) is 0 Å². The number of para-hydroxylation sites is 1. The zero-order valence-electron chi connectivity index (χ0n) is 19.9. The van der Waals surface area contributed by atoms with Gasteiger partial charge in [0.1, 0.15) is 17.3 Å². The van der Waals surface area contributed by atoms with Gasteiger partial charge in [0.25, 0.3) is 5.91 Å². The Hall–Kier alpha value is -4.13. The van der Waals surface area contributed by atoms with Gasteiger partial charge >= 0.3 is 0 Å². The topological polar surface area (TPSA) is 93.5 Å². The van der Waals surface area contributed by atoms with Crippen LogP contribution in [0.3, 0.4) is 0 Å². The number of amides is 1. The highest BCUT2D eigenvalue weighted by atomic mass is 16.5. The lowest BCUT2D eigenvalue weighted by Gasteiger charge is -2.36. The Morgan fingerprint density at radius 1 is 1.11 bits per heavy atom. The van der Waals surface area contributed by atoms with Gasteiger partial charge in [0.05, 0.1) is 19.3 Å². The Morgan fingerprint density at radius 3 is 2.66 bits per heavy atom. The van der Waals surface area contributed by atoms with Crippen LogP contribution in [0.25, 0.3) is 0 Å². The molecule has 2 N–H and O–H groups in total. The molecule has 1 aliphatic carbocycles. The lowest BCUT2D eigenvalue weighted by atomic mass is 9.72. The van der Waals surface area contributed by atoms with Gasteiger partial charge < -0.3 is 19.8 Å². The number of Topliss-reactive ketones (excluding diaryl/α,β-unsaturated/α-hetero) is 1. The first-order chi connectivity index (χ1) is 17.0. The zero-order valence-corrected chi connectivity index (χ0v) is 19.9. The maximum atomic E-state index is 13.6. The van der Waals surface area contributed by atoms with E-state index in [0.717, 1.165) is 22.6 Å². The van der Waals surface area contributed by atoms with Crippen molar-refractivity contribution in [3.8, 4) is 5.75 Å². The number of rotatable bonds is 5. The van der Waals surface area contributed by atoms with Crippen LogP contribution in [-0.4, -0.2) is 23.8 Å². The number of hydrogen-bond acceptors (Lipinski definition) is 6. The molecule has 0 fully saturated rings. The Balaban J connectivity index is 1.59. The number of aromatic nitrogens is 1. The van der Waals surface area contributed by atoms with Crippen LogP contribution in [0.2, 0.25) is 0 Å². The molecule has 35 heavy (non-hydrogen) atoms. The van der Waals surface area contributed by atoms with E-state index >= 15 is 0 Å². The maximum Gasteiger partial charge on any atom is 0.255 e. The van der Waals surface area contributed by atoms with Crippen LogP contribution in [0.4, 0.5) is 5.82 Å². The molecule has 3 aromatic rings. The van der Waals surface area contributed by atoms with Crippen molar-refractivity contribution in [2.75, 3.05) is 12.4 Å². The summed E-state index contributed by atoms with van der Waals surface area (Å²) in [4.78, 5) is 31.6. The number of nitrogens with zero attached hydrogens (tertiary/aromatic N) is 1. The second kappa shape index (κ2) is 9.25. The SMILES string of the molecule is COc1ccccc1C1C(C(=O)Nc2ccc(C)cn2)=C(C)NC2=C1C(=O)CC(c1ccco1)C2. The van der Waals surface area contributed by atoms with Crippen molar-refractivity contribution in [3.05, 3.63) is 100 Å². The van der Waals surface area contributed by atoms with E-state index in [4.69, 9.17) is 9.15 Å². The number of anilines is 1. The summed E-state index contributed by atoms with van der Waals surface area (Å²) in [5.41, 5.74) is 4.36. The minimum absolute atomic E-state index is 0.0117. The average Bonchev–Trinajstić information content (AvgIpc) is 3.39. The largest absolute Gasteiger partial charge is 0.496 e. The van der Waals surface area contributed by atoms with Crippen molar-refractivity contribution >= 4 is 17.5 Å². The number of ether oxygens (including phenoxy) is 1. The van der Waals surface area contributed by atoms with Crippen LogP contribution in [0.5, 0.6) is 5.75 Å². The first-order valence-electron chi connectivity index (χ1n) is 11.6. The third-order valence-corrected chi connectivity index (χ3v) is 6.62. The van der Waals surface area contributed by atoms with Crippen molar-refractivity contribution in [2.45, 2.75) is 38.5 Å². The van der Waals surface area contributed by atoms with Crippen LogP contribution in [0, 0.1) is 6.92 Å². The standard InChI is InChI=1S/C28H27N3O4/c1-16-10-11-24(29-15-16)31-28(33)25-17(2)30-20-13-18(22-9-6-12-35-22)14-21(32)27(20)26(25)19-7-4-5-8-23(19)34-3/h4-12,15,18,26,30H,13-14H2,1-3H3,(H,29,31,33). The van der Waals surface area contributed by atoms with E-state index in [-0.39, 0.29) is 17.6 Å². The molecule has 5 rings (SSSR count). The Bertz CT molecular complexity index is 1340. The maximum absolute atomic E-state index is 13.6. The van der Waals surface area contributed by atoms with Crippen LogP contribution in [0.1, 0.15) is 48.5 Å². The van der Waals surface area contributed by atoms with Gasteiger partial charge in [0.2, 0.25) is 0 Å². The normalized spacial score (nSPS) is 19.8. The van der Waals surface area contributed by atoms with Gasteiger partial charge in [-0.05, 0) is 50.1 Å². The van der Waals surface area contributed by atoms with Crippen LogP contribution < -0.4 is 15.4 Å². The molecule has 3 heterocycles. The first-order valence-corrected chi connectivity index (χ1v) is 11.6. The average molecular weight is 470 g/mol. The first kappa shape index (κ1) is 22.7. The summed E-state index contributed by atoms with van der Waals surface area (Å²) in [6, 6.07) is 14.9. The number of ketones is 1. The third-order valence-electron chi connectivity index (χ3n) is 6.62. The predicted molar refractivity (Wildman–Crippen MR) is 132 cm³/mol. The molecule has 0 spiro atoms. The molecule has 7 nitrogen and oxygen atoms in total. The number of methoxy groups -OCH3 is 1. The van der Waals surface area contributed by atoms with Gasteiger partial charge in [-0.15, -0.1) is 0 Å². The fraction of sp³-hybridized carbons (Fsp3) is 0.250. The van der Waals surface area contributed by atoms with E-state index < -0.39 is 5.92 Å².